The summed E-state index contributed by atoms with van der Waals surface area (Å²) >= 11 is 9.47. The quantitative estimate of drug-likeness (QED) is 0.297. The minimum absolute atomic E-state index is 0.203. The summed E-state index contributed by atoms with van der Waals surface area (Å²) in [5, 5.41) is 0.733. The van der Waals surface area contributed by atoms with E-state index in [2.05, 4.69) is 29.8 Å². The van der Waals surface area contributed by atoms with Gasteiger partial charge in [0.1, 0.15) is 23.7 Å². The predicted octanol–water partition coefficient (Wildman–Crippen LogP) is 7.04. The van der Waals surface area contributed by atoms with E-state index in [1.165, 1.54) is 0 Å². The smallest absolute Gasteiger partial charge is 0.345 e. The summed E-state index contributed by atoms with van der Waals surface area (Å²) in [5.74, 6) is 1.04. The van der Waals surface area contributed by atoms with Crippen molar-refractivity contribution < 1.29 is 19.0 Å². The number of ether oxygens (including phenoxy) is 3. The Morgan fingerprint density at radius 3 is 2.62 bits per heavy atom. The highest BCUT2D eigenvalue weighted by atomic mass is 79.9. The molecule has 0 radical (unpaired) electrons. The molecule has 29 heavy (non-hydrogen) atoms. The maximum atomic E-state index is 12.9. The van der Waals surface area contributed by atoms with Crippen LogP contribution in [0.4, 0.5) is 0 Å². The van der Waals surface area contributed by atoms with Crippen molar-refractivity contribution in [1.29, 1.82) is 0 Å². The van der Waals surface area contributed by atoms with Crippen LogP contribution in [0.1, 0.15) is 62.9 Å². The fraction of sp³-hybridized carbons (Fsp3) is 0.522. The van der Waals surface area contributed by atoms with Gasteiger partial charge in [-0.25, -0.2) is 4.79 Å². The Morgan fingerprint density at radius 2 is 2.03 bits per heavy atom. The summed E-state index contributed by atoms with van der Waals surface area (Å²) in [6.07, 6.45) is 4.97. The number of carbonyl (C=O) groups is 1. The molecule has 0 saturated carbocycles. The summed E-state index contributed by atoms with van der Waals surface area (Å²) in [4.78, 5) is 14.6. The van der Waals surface area contributed by atoms with Gasteiger partial charge in [0.2, 0.25) is 0 Å². The lowest BCUT2D eigenvalue weighted by Gasteiger charge is -2.17. The summed E-state index contributed by atoms with van der Waals surface area (Å²) in [7, 11) is 1.57. The van der Waals surface area contributed by atoms with Gasteiger partial charge in [-0.3, -0.25) is 0 Å². The molecule has 1 aromatic rings. The van der Waals surface area contributed by atoms with Crippen LogP contribution in [0.3, 0.4) is 0 Å². The number of methoxy groups -OCH3 is 1. The van der Waals surface area contributed by atoms with Crippen LogP contribution in [0.5, 0.6) is 11.5 Å². The Balaban J connectivity index is 3.12. The third-order valence-electron chi connectivity index (χ3n) is 4.57. The van der Waals surface area contributed by atoms with Gasteiger partial charge >= 0.3 is 5.97 Å². The lowest BCUT2D eigenvalue weighted by Crippen LogP contribution is -2.13. The number of aryl methyl sites for hydroxylation is 1. The molecule has 0 atom stereocenters. The van der Waals surface area contributed by atoms with Gasteiger partial charge in [-0.05, 0) is 54.8 Å². The van der Waals surface area contributed by atoms with Crippen LogP contribution in [-0.2, 0) is 11.2 Å². The molecular weight excluding hydrogens is 456 g/mol. The molecule has 1 aromatic carbocycles. The van der Waals surface area contributed by atoms with Crippen LogP contribution in [0.15, 0.2) is 33.8 Å². The molecular formula is C23H32BrClO4. The van der Waals surface area contributed by atoms with Crippen molar-refractivity contribution in [2.24, 2.45) is 5.92 Å². The van der Waals surface area contributed by atoms with Crippen molar-refractivity contribution in [1.82, 2.24) is 0 Å². The van der Waals surface area contributed by atoms with Crippen LogP contribution >= 0.6 is 27.5 Å². The van der Waals surface area contributed by atoms with Gasteiger partial charge in [0.25, 0.3) is 0 Å². The molecule has 0 bridgehead atoms. The van der Waals surface area contributed by atoms with E-state index >= 15 is 0 Å². The monoisotopic (exact) mass is 486 g/mol. The Hall–Kier alpha value is -1.46. The molecule has 0 amide bonds. The SMILES string of the molecule is CC/C(C)=C(/Cl)CCOC(=O)c1c(OC/C=C/Br)ccc(CCC(C)C)c1OC. The number of hydrogen-bond donors (Lipinski definition) is 0. The largest absolute Gasteiger partial charge is 0.495 e. The van der Waals surface area contributed by atoms with E-state index in [1.807, 2.05) is 26.0 Å². The van der Waals surface area contributed by atoms with Crippen molar-refractivity contribution in [2.45, 2.75) is 53.4 Å². The third kappa shape index (κ3) is 8.43. The van der Waals surface area contributed by atoms with Crippen LogP contribution in [0, 0.1) is 5.92 Å². The third-order valence-corrected chi connectivity index (χ3v) is 5.46. The first kappa shape index (κ1) is 25.6. The maximum Gasteiger partial charge on any atom is 0.345 e. The molecule has 0 heterocycles. The molecule has 0 aromatic heterocycles. The zero-order valence-electron chi connectivity index (χ0n) is 18.0. The summed E-state index contributed by atoms with van der Waals surface area (Å²) in [5.41, 5.74) is 2.39. The van der Waals surface area contributed by atoms with E-state index < -0.39 is 5.97 Å². The van der Waals surface area contributed by atoms with Crippen LogP contribution in [-0.4, -0.2) is 26.3 Å². The Bertz CT molecular complexity index is 726. The minimum Gasteiger partial charge on any atom is -0.495 e. The van der Waals surface area contributed by atoms with Crippen molar-refractivity contribution in [2.75, 3.05) is 20.3 Å². The van der Waals surface area contributed by atoms with Gasteiger partial charge in [-0.2, -0.15) is 0 Å². The van der Waals surface area contributed by atoms with Crippen LogP contribution in [0.2, 0.25) is 0 Å². The molecule has 6 heteroatoms. The second-order valence-corrected chi connectivity index (χ2v) is 8.15. The van der Waals surface area contributed by atoms with E-state index in [0.29, 0.717) is 36.0 Å². The van der Waals surface area contributed by atoms with Crippen LogP contribution in [0.25, 0.3) is 0 Å². The second kappa shape index (κ2) is 13.7. The Morgan fingerprint density at radius 1 is 1.31 bits per heavy atom. The van der Waals surface area contributed by atoms with Gasteiger partial charge in [-0.15, -0.1) is 0 Å². The highest BCUT2D eigenvalue weighted by molar-refractivity contribution is 9.11. The number of allylic oxidation sites excluding steroid dienone is 1. The number of benzene rings is 1. The van der Waals surface area contributed by atoms with Crippen molar-refractivity contribution in [3.63, 3.8) is 0 Å². The highest BCUT2D eigenvalue weighted by Crippen LogP contribution is 2.34. The minimum atomic E-state index is -0.468. The maximum absolute atomic E-state index is 12.9. The molecule has 0 N–H and O–H groups in total. The van der Waals surface area contributed by atoms with Crippen LogP contribution < -0.4 is 9.47 Å². The van der Waals surface area contributed by atoms with Crippen molar-refractivity contribution >= 4 is 33.5 Å². The van der Waals surface area contributed by atoms with Crippen molar-refractivity contribution in [3.05, 3.63) is 44.9 Å². The van der Waals surface area contributed by atoms with E-state index in [0.717, 1.165) is 35.4 Å². The predicted molar refractivity (Wildman–Crippen MR) is 123 cm³/mol. The van der Waals surface area contributed by atoms with E-state index in [4.69, 9.17) is 25.8 Å². The standard InChI is InChI=1S/C23H32BrClO4/c1-6-17(4)19(25)12-15-29-23(26)21-20(28-14-7-13-24)11-10-18(22(21)27-5)9-8-16(2)3/h7,10-11,13,16H,6,8-9,12,14-15H2,1-5H3/b13-7+,19-17+. The molecule has 162 valence electrons. The molecule has 0 aliphatic heterocycles. The van der Waals surface area contributed by atoms with E-state index in [9.17, 15) is 4.79 Å². The lowest BCUT2D eigenvalue weighted by atomic mass is 9.99. The van der Waals surface area contributed by atoms with Crippen molar-refractivity contribution in [3.8, 4) is 11.5 Å². The molecule has 0 unspecified atom stereocenters. The normalized spacial score (nSPS) is 12.3. The molecule has 0 spiro atoms. The van der Waals surface area contributed by atoms with Gasteiger partial charge < -0.3 is 14.2 Å². The Labute approximate surface area is 188 Å². The van der Waals surface area contributed by atoms with Gasteiger partial charge in [-0.1, -0.05) is 59.9 Å². The van der Waals surface area contributed by atoms with E-state index in [1.54, 1.807) is 18.2 Å². The number of rotatable bonds is 12. The topological polar surface area (TPSA) is 44.8 Å². The first-order chi connectivity index (χ1) is 13.8. The van der Waals surface area contributed by atoms with Gasteiger partial charge in [0.15, 0.2) is 0 Å². The lowest BCUT2D eigenvalue weighted by molar-refractivity contribution is 0.0502. The molecule has 4 nitrogen and oxygen atoms in total. The molecule has 0 fully saturated rings. The number of hydrogen-bond acceptors (Lipinski definition) is 4. The van der Waals surface area contributed by atoms with Gasteiger partial charge in [0.05, 0.1) is 13.7 Å². The summed E-state index contributed by atoms with van der Waals surface area (Å²) in [6.45, 7) is 8.89. The molecule has 1 rings (SSSR count). The second-order valence-electron chi connectivity index (χ2n) is 7.16. The van der Waals surface area contributed by atoms with Gasteiger partial charge in [0, 0.05) is 11.5 Å². The number of esters is 1. The molecule has 0 saturated heterocycles. The number of carbonyl (C=O) groups excluding carboxylic acids is 1. The first-order valence-electron chi connectivity index (χ1n) is 9.94. The zero-order chi connectivity index (χ0) is 21.8. The first-order valence-corrected chi connectivity index (χ1v) is 11.2. The average Bonchev–Trinajstić information content (AvgIpc) is 2.71. The summed E-state index contributed by atoms with van der Waals surface area (Å²) < 4.78 is 16.9. The summed E-state index contributed by atoms with van der Waals surface area (Å²) in [6, 6.07) is 3.76. The highest BCUT2D eigenvalue weighted by Gasteiger charge is 2.23. The molecule has 0 aliphatic rings. The number of halogens is 2. The molecule has 0 aliphatic carbocycles. The Kier molecular flexibility index (Phi) is 12.1. The van der Waals surface area contributed by atoms with E-state index in [-0.39, 0.29) is 6.61 Å². The average molecular weight is 488 g/mol. The fourth-order valence-corrected chi connectivity index (χ4v) is 3.04. The zero-order valence-corrected chi connectivity index (χ0v) is 20.4. The fourth-order valence-electron chi connectivity index (χ4n) is 2.68.